The van der Waals surface area contributed by atoms with E-state index in [1.54, 1.807) is 0 Å². The molecule has 0 fully saturated rings. The van der Waals surface area contributed by atoms with Crippen LogP contribution in [0.4, 0.5) is 8.78 Å². The fourth-order valence-corrected chi connectivity index (χ4v) is 1.40. The Balaban J connectivity index is 2.22. The smallest absolute Gasteiger partial charge is 0.185 e. The van der Waals surface area contributed by atoms with Crippen LogP contribution in [0.25, 0.3) is 0 Å². The van der Waals surface area contributed by atoms with E-state index in [0.717, 1.165) is 18.2 Å². The van der Waals surface area contributed by atoms with E-state index in [1.165, 1.54) is 18.6 Å². The number of Topliss-reactive ketones (excluding diaryl/α,β-unsaturated/α-hetero) is 1. The lowest BCUT2D eigenvalue weighted by Crippen LogP contribution is -2.07. The van der Waals surface area contributed by atoms with Gasteiger partial charge in [0.05, 0.1) is 0 Å². The number of benzene rings is 1. The van der Waals surface area contributed by atoms with Crippen molar-refractivity contribution in [2.24, 2.45) is 0 Å². The summed E-state index contributed by atoms with van der Waals surface area (Å²) in [6.07, 6.45) is 2.43. The van der Waals surface area contributed by atoms with Crippen LogP contribution in [0.3, 0.4) is 0 Å². The minimum Gasteiger partial charge on any atom is -0.292 e. The van der Waals surface area contributed by atoms with Crippen LogP contribution in [0.5, 0.6) is 0 Å². The van der Waals surface area contributed by atoms with E-state index in [0.29, 0.717) is 0 Å². The van der Waals surface area contributed by atoms with Crippen molar-refractivity contribution in [3.63, 3.8) is 0 Å². The molecule has 1 aromatic heterocycles. The Morgan fingerprint density at radius 2 is 2.06 bits per heavy atom. The van der Waals surface area contributed by atoms with E-state index in [1.807, 2.05) is 0 Å². The molecular weight excluding hydrogens is 226 g/mol. The Labute approximate surface area is 96.2 Å². The second-order valence-electron chi connectivity index (χ2n) is 3.43. The number of ketones is 1. The van der Waals surface area contributed by atoms with Crippen molar-refractivity contribution in [1.29, 1.82) is 0 Å². The molecule has 0 saturated carbocycles. The summed E-state index contributed by atoms with van der Waals surface area (Å²) in [4.78, 5) is 19.1. The van der Waals surface area contributed by atoms with E-state index in [4.69, 9.17) is 0 Å². The molecule has 0 saturated heterocycles. The largest absolute Gasteiger partial charge is 0.292 e. The van der Waals surface area contributed by atoms with Crippen LogP contribution in [-0.2, 0) is 6.42 Å². The maximum absolute atomic E-state index is 13.3. The summed E-state index contributed by atoms with van der Waals surface area (Å²) in [6.45, 7) is 0. The molecule has 0 N–H and O–H groups in total. The lowest BCUT2D eigenvalue weighted by Gasteiger charge is -2.02. The van der Waals surface area contributed by atoms with E-state index in [2.05, 4.69) is 9.97 Å². The predicted molar refractivity (Wildman–Crippen MR) is 56.4 cm³/mol. The summed E-state index contributed by atoms with van der Waals surface area (Å²) in [5.41, 5.74) is 0.206. The third-order valence-corrected chi connectivity index (χ3v) is 2.23. The van der Waals surface area contributed by atoms with Crippen LogP contribution in [0, 0.1) is 11.6 Å². The molecule has 2 rings (SSSR count). The van der Waals surface area contributed by atoms with Crippen molar-refractivity contribution in [3.8, 4) is 0 Å². The van der Waals surface area contributed by atoms with E-state index in [9.17, 15) is 13.6 Å². The number of carbonyl (C=O) groups excluding carboxylic acids is 1. The third-order valence-electron chi connectivity index (χ3n) is 2.23. The lowest BCUT2D eigenvalue weighted by atomic mass is 10.1. The highest BCUT2D eigenvalue weighted by Crippen LogP contribution is 2.12. The third kappa shape index (κ3) is 2.69. The predicted octanol–water partition coefficient (Wildman–Crippen LogP) is 2.18. The molecular formula is C12H8F2N2O. The van der Waals surface area contributed by atoms with Gasteiger partial charge in [-0.1, -0.05) is 0 Å². The first kappa shape index (κ1) is 11.3. The van der Waals surface area contributed by atoms with Gasteiger partial charge in [0, 0.05) is 12.6 Å². The highest BCUT2D eigenvalue weighted by Gasteiger charge is 2.12. The number of halogens is 2. The minimum absolute atomic E-state index is 0.0219. The van der Waals surface area contributed by atoms with Crippen molar-refractivity contribution in [2.75, 3.05) is 0 Å². The molecule has 0 atom stereocenters. The first-order valence-electron chi connectivity index (χ1n) is 4.90. The maximum Gasteiger partial charge on any atom is 0.185 e. The highest BCUT2D eigenvalue weighted by atomic mass is 19.1. The molecule has 1 aromatic carbocycles. The van der Waals surface area contributed by atoms with Gasteiger partial charge >= 0.3 is 0 Å². The molecule has 0 spiro atoms. The summed E-state index contributed by atoms with van der Waals surface area (Å²) in [5.74, 6) is -1.55. The number of hydrogen-bond acceptors (Lipinski definition) is 3. The molecule has 0 aliphatic rings. The van der Waals surface area contributed by atoms with Crippen molar-refractivity contribution >= 4 is 5.78 Å². The Kier molecular flexibility index (Phi) is 3.18. The zero-order valence-corrected chi connectivity index (χ0v) is 8.73. The van der Waals surface area contributed by atoms with Gasteiger partial charge < -0.3 is 0 Å². The zero-order chi connectivity index (χ0) is 12.3. The van der Waals surface area contributed by atoms with Crippen LogP contribution in [0.15, 0.2) is 36.8 Å². The summed E-state index contributed by atoms with van der Waals surface area (Å²) < 4.78 is 26.2. The summed E-state index contributed by atoms with van der Waals surface area (Å²) in [5, 5.41) is 0. The first-order chi connectivity index (χ1) is 8.16. The molecule has 17 heavy (non-hydrogen) atoms. The van der Waals surface area contributed by atoms with Gasteiger partial charge in [-0.3, -0.25) is 4.79 Å². The van der Waals surface area contributed by atoms with Crippen LogP contribution in [0.2, 0.25) is 0 Å². The molecule has 0 amide bonds. The minimum atomic E-state index is -0.603. The number of hydrogen-bond donors (Lipinski definition) is 0. The van der Waals surface area contributed by atoms with Crippen LogP contribution in [-0.4, -0.2) is 15.8 Å². The van der Waals surface area contributed by atoms with Crippen molar-refractivity contribution < 1.29 is 13.6 Å². The van der Waals surface area contributed by atoms with Gasteiger partial charge in [-0.05, 0) is 29.8 Å². The number of nitrogens with zero attached hydrogens (tertiary/aromatic N) is 2. The fraction of sp³-hybridized carbons (Fsp3) is 0.0833. The second-order valence-corrected chi connectivity index (χ2v) is 3.43. The Morgan fingerprint density at radius 1 is 1.24 bits per heavy atom. The summed E-state index contributed by atoms with van der Waals surface area (Å²) >= 11 is 0. The summed E-state index contributed by atoms with van der Waals surface area (Å²) in [7, 11) is 0. The van der Waals surface area contributed by atoms with Crippen LogP contribution in [0.1, 0.15) is 16.1 Å². The molecule has 0 aliphatic carbocycles. The Bertz CT molecular complexity index is 543. The average molecular weight is 234 g/mol. The molecule has 3 nitrogen and oxygen atoms in total. The number of carbonyl (C=O) groups is 1. The maximum atomic E-state index is 13.3. The van der Waals surface area contributed by atoms with Gasteiger partial charge in [0.15, 0.2) is 5.78 Å². The standard InChI is InChI=1S/C12H8F2N2O/c13-9-1-2-10(14)8(5-9)6-12(17)11-3-4-15-7-16-11/h1-5,7H,6H2. The molecule has 1 heterocycles. The molecule has 0 bridgehead atoms. The Hall–Kier alpha value is -2.17. The summed E-state index contributed by atoms with van der Waals surface area (Å²) in [6, 6.07) is 4.44. The van der Waals surface area contributed by atoms with Gasteiger partial charge in [-0.25, -0.2) is 18.7 Å². The van der Waals surface area contributed by atoms with Gasteiger partial charge in [-0.15, -0.1) is 0 Å². The highest BCUT2D eigenvalue weighted by molar-refractivity contribution is 5.95. The van der Waals surface area contributed by atoms with Crippen LogP contribution < -0.4 is 0 Å². The van der Waals surface area contributed by atoms with Crippen molar-refractivity contribution in [2.45, 2.75) is 6.42 Å². The topological polar surface area (TPSA) is 42.9 Å². The molecule has 86 valence electrons. The zero-order valence-electron chi connectivity index (χ0n) is 8.73. The molecule has 0 unspecified atom stereocenters. The SMILES string of the molecule is O=C(Cc1cc(F)ccc1F)c1ccncn1. The fourth-order valence-electron chi connectivity index (χ4n) is 1.40. The lowest BCUT2D eigenvalue weighted by molar-refractivity contribution is 0.0987. The average Bonchev–Trinajstić information content (AvgIpc) is 2.35. The monoisotopic (exact) mass is 234 g/mol. The Morgan fingerprint density at radius 3 is 2.76 bits per heavy atom. The van der Waals surface area contributed by atoms with Gasteiger partial charge in [0.1, 0.15) is 23.7 Å². The number of aromatic nitrogens is 2. The van der Waals surface area contributed by atoms with E-state index in [-0.39, 0.29) is 23.5 Å². The normalized spacial score (nSPS) is 10.2. The van der Waals surface area contributed by atoms with Gasteiger partial charge in [0.2, 0.25) is 0 Å². The second kappa shape index (κ2) is 4.78. The molecule has 2 aromatic rings. The van der Waals surface area contributed by atoms with E-state index < -0.39 is 11.6 Å². The van der Waals surface area contributed by atoms with Crippen molar-refractivity contribution in [1.82, 2.24) is 9.97 Å². The number of rotatable bonds is 3. The first-order valence-corrected chi connectivity index (χ1v) is 4.90. The van der Waals surface area contributed by atoms with Gasteiger partial charge in [-0.2, -0.15) is 0 Å². The van der Waals surface area contributed by atoms with Crippen LogP contribution >= 0.6 is 0 Å². The van der Waals surface area contributed by atoms with E-state index >= 15 is 0 Å². The van der Waals surface area contributed by atoms with Gasteiger partial charge in [0.25, 0.3) is 0 Å². The molecule has 5 heteroatoms. The molecule has 0 aliphatic heterocycles. The molecule has 0 radical (unpaired) electrons. The van der Waals surface area contributed by atoms with Crippen molar-refractivity contribution in [3.05, 3.63) is 59.7 Å². The quantitative estimate of drug-likeness (QED) is 0.764.